The number of fused-ring (bicyclic) bond motifs is 1. The number of nitrogens with one attached hydrogen (secondary N) is 3. The maximum atomic E-state index is 13.4. The van der Waals surface area contributed by atoms with Crippen molar-refractivity contribution in [2.75, 3.05) is 11.9 Å². The van der Waals surface area contributed by atoms with E-state index in [1.165, 1.54) is 12.1 Å². The highest BCUT2D eigenvalue weighted by Crippen LogP contribution is 2.29. The Labute approximate surface area is 207 Å². The van der Waals surface area contributed by atoms with E-state index in [-0.39, 0.29) is 42.3 Å². The third kappa shape index (κ3) is 6.25. The number of amides is 3. The molecule has 3 aromatic carbocycles. The molecule has 3 aromatic rings. The minimum Gasteiger partial charge on any atom is -0.356 e. The number of halogens is 2. The quantitative estimate of drug-likeness (QED) is 0.427. The lowest BCUT2D eigenvalue weighted by Crippen LogP contribution is -2.42. The molecule has 6 nitrogen and oxygen atoms in total. The average Bonchev–Trinajstić information content (AvgIpc) is 2.97. The lowest BCUT2D eigenvalue weighted by molar-refractivity contribution is -0.121. The number of rotatable bonds is 8. The Morgan fingerprint density at radius 2 is 1.63 bits per heavy atom. The third-order valence-electron chi connectivity index (χ3n) is 6.01. The van der Waals surface area contributed by atoms with Crippen molar-refractivity contribution in [3.05, 3.63) is 100 Å². The lowest BCUT2D eigenvalue weighted by atomic mass is 9.88. The molecule has 2 atom stereocenters. The van der Waals surface area contributed by atoms with Gasteiger partial charge in [0.2, 0.25) is 11.8 Å². The van der Waals surface area contributed by atoms with Gasteiger partial charge in [0.15, 0.2) is 0 Å². The summed E-state index contributed by atoms with van der Waals surface area (Å²) < 4.78 is 13.4. The van der Waals surface area contributed by atoms with Crippen LogP contribution in [0.4, 0.5) is 10.1 Å². The molecule has 0 aromatic heterocycles. The van der Waals surface area contributed by atoms with Gasteiger partial charge in [0.05, 0.1) is 11.3 Å². The van der Waals surface area contributed by atoms with Gasteiger partial charge in [-0.1, -0.05) is 48.0 Å². The second kappa shape index (κ2) is 11.1. The molecule has 0 fully saturated rings. The number of benzene rings is 3. The first-order valence-electron chi connectivity index (χ1n) is 11.4. The number of carbonyl (C=O) groups is 3. The summed E-state index contributed by atoms with van der Waals surface area (Å²) >= 11 is 6.02. The Kier molecular flexibility index (Phi) is 7.77. The number of hydrogen-bond donors (Lipinski definition) is 3. The zero-order valence-corrected chi connectivity index (χ0v) is 19.6. The number of carbonyl (C=O) groups excluding carboxylic acids is 3. The summed E-state index contributed by atoms with van der Waals surface area (Å²) in [5.41, 5.74) is 2.78. The van der Waals surface area contributed by atoms with E-state index in [4.69, 9.17) is 11.6 Å². The zero-order valence-electron chi connectivity index (χ0n) is 18.9. The van der Waals surface area contributed by atoms with Crippen LogP contribution in [0.2, 0.25) is 5.02 Å². The van der Waals surface area contributed by atoms with Crippen molar-refractivity contribution in [1.29, 1.82) is 0 Å². The van der Waals surface area contributed by atoms with Gasteiger partial charge in [-0.25, -0.2) is 4.39 Å². The molecule has 0 spiro atoms. The van der Waals surface area contributed by atoms with Crippen molar-refractivity contribution >= 4 is 35.0 Å². The molecular formula is C27H25ClFN3O3. The summed E-state index contributed by atoms with van der Waals surface area (Å²) in [4.78, 5) is 37.4. The van der Waals surface area contributed by atoms with Gasteiger partial charge in [-0.15, -0.1) is 0 Å². The van der Waals surface area contributed by atoms with Gasteiger partial charge in [0, 0.05) is 23.9 Å². The monoisotopic (exact) mass is 493 g/mol. The molecule has 0 radical (unpaired) electrons. The summed E-state index contributed by atoms with van der Waals surface area (Å²) in [7, 11) is 0. The van der Waals surface area contributed by atoms with Crippen LogP contribution in [0.1, 0.15) is 46.7 Å². The average molecular weight is 494 g/mol. The van der Waals surface area contributed by atoms with Crippen LogP contribution in [-0.4, -0.2) is 30.3 Å². The summed E-state index contributed by atoms with van der Waals surface area (Å²) in [6.45, 7) is 0.387. The largest absolute Gasteiger partial charge is 0.356 e. The third-order valence-corrected chi connectivity index (χ3v) is 6.26. The second-order valence-corrected chi connectivity index (χ2v) is 8.83. The van der Waals surface area contributed by atoms with Crippen molar-refractivity contribution < 1.29 is 18.8 Å². The molecule has 3 N–H and O–H groups in total. The standard InChI is InChI=1S/C27H25ClFN3O3/c28-19-9-5-17(6-10-19)21(18-7-11-20(29)12-8-18)15-16-30-25(33)14-13-24-27(35)31-23-4-2-1-3-22(23)26(34)32-24/h1-12,21,24H,13-16H2,(H,30,33)(H,31,35)(H,32,34)/t21-,24+/m1/s1. The number of para-hydroxylation sites is 1. The van der Waals surface area contributed by atoms with Crippen LogP contribution in [0.5, 0.6) is 0 Å². The lowest BCUT2D eigenvalue weighted by Gasteiger charge is -2.19. The van der Waals surface area contributed by atoms with E-state index < -0.39 is 6.04 Å². The molecule has 0 bridgehead atoms. The van der Waals surface area contributed by atoms with E-state index in [0.29, 0.717) is 29.2 Å². The molecule has 1 aliphatic rings. The molecule has 8 heteroatoms. The smallest absolute Gasteiger partial charge is 0.254 e. The van der Waals surface area contributed by atoms with Gasteiger partial charge in [0.1, 0.15) is 11.9 Å². The Morgan fingerprint density at radius 3 is 2.34 bits per heavy atom. The number of anilines is 1. The van der Waals surface area contributed by atoms with Gasteiger partial charge in [-0.05, 0) is 60.4 Å². The summed E-state index contributed by atoms with van der Waals surface area (Å²) in [5.74, 6) is -1.29. The fourth-order valence-electron chi connectivity index (χ4n) is 4.15. The highest BCUT2D eigenvalue weighted by Gasteiger charge is 2.27. The van der Waals surface area contributed by atoms with Crippen LogP contribution in [-0.2, 0) is 9.59 Å². The first kappa shape index (κ1) is 24.4. The Hall–Kier alpha value is -3.71. The molecule has 180 valence electrons. The van der Waals surface area contributed by atoms with Gasteiger partial charge in [-0.2, -0.15) is 0 Å². The minimum atomic E-state index is -0.804. The molecule has 1 heterocycles. The van der Waals surface area contributed by atoms with Crippen LogP contribution in [0.15, 0.2) is 72.8 Å². The molecule has 3 amide bonds. The fourth-order valence-corrected chi connectivity index (χ4v) is 4.28. The van der Waals surface area contributed by atoms with E-state index >= 15 is 0 Å². The maximum Gasteiger partial charge on any atom is 0.254 e. The normalized spacial score (nSPS) is 15.9. The van der Waals surface area contributed by atoms with E-state index in [1.54, 1.807) is 48.5 Å². The van der Waals surface area contributed by atoms with Crippen LogP contribution >= 0.6 is 11.6 Å². The molecule has 0 saturated heterocycles. The first-order valence-corrected chi connectivity index (χ1v) is 11.8. The fraction of sp³-hybridized carbons (Fsp3) is 0.222. The van der Waals surface area contributed by atoms with Crippen LogP contribution < -0.4 is 16.0 Å². The predicted octanol–water partition coefficient (Wildman–Crippen LogP) is 4.65. The van der Waals surface area contributed by atoms with Crippen molar-refractivity contribution in [2.24, 2.45) is 0 Å². The Morgan fingerprint density at radius 1 is 0.971 bits per heavy atom. The van der Waals surface area contributed by atoms with Crippen LogP contribution in [0.25, 0.3) is 0 Å². The molecule has 1 aliphatic heterocycles. The zero-order chi connectivity index (χ0) is 24.8. The van der Waals surface area contributed by atoms with Crippen molar-refractivity contribution in [2.45, 2.75) is 31.2 Å². The summed E-state index contributed by atoms with van der Waals surface area (Å²) in [6.07, 6.45) is 0.849. The van der Waals surface area contributed by atoms with Crippen molar-refractivity contribution in [3.63, 3.8) is 0 Å². The topological polar surface area (TPSA) is 87.3 Å². The SMILES string of the molecule is O=C(CC[C@@H]1NC(=O)c2ccccc2NC1=O)NCC[C@@H](c1ccc(F)cc1)c1ccc(Cl)cc1. The van der Waals surface area contributed by atoms with Crippen molar-refractivity contribution in [3.8, 4) is 0 Å². The second-order valence-electron chi connectivity index (χ2n) is 8.39. The van der Waals surface area contributed by atoms with E-state index in [0.717, 1.165) is 11.1 Å². The first-order chi connectivity index (χ1) is 16.9. The van der Waals surface area contributed by atoms with Crippen LogP contribution in [0, 0.1) is 5.82 Å². The van der Waals surface area contributed by atoms with E-state index in [2.05, 4.69) is 16.0 Å². The predicted molar refractivity (Wildman–Crippen MR) is 133 cm³/mol. The van der Waals surface area contributed by atoms with Crippen LogP contribution in [0.3, 0.4) is 0 Å². The van der Waals surface area contributed by atoms with E-state index in [9.17, 15) is 18.8 Å². The molecule has 0 unspecified atom stereocenters. The highest BCUT2D eigenvalue weighted by molar-refractivity contribution is 6.30. The summed E-state index contributed by atoms with van der Waals surface area (Å²) in [6, 6.07) is 19.7. The van der Waals surface area contributed by atoms with Crippen molar-refractivity contribution in [1.82, 2.24) is 10.6 Å². The molecular weight excluding hydrogens is 469 g/mol. The highest BCUT2D eigenvalue weighted by atomic mass is 35.5. The molecule has 35 heavy (non-hydrogen) atoms. The van der Waals surface area contributed by atoms with E-state index in [1.807, 2.05) is 12.1 Å². The van der Waals surface area contributed by atoms with Gasteiger partial charge < -0.3 is 16.0 Å². The maximum absolute atomic E-state index is 13.4. The molecule has 4 rings (SSSR count). The van der Waals surface area contributed by atoms with Gasteiger partial charge >= 0.3 is 0 Å². The Bertz CT molecular complexity index is 1170. The minimum absolute atomic E-state index is 0.0569. The summed E-state index contributed by atoms with van der Waals surface area (Å²) in [5, 5.41) is 8.95. The Balaban J connectivity index is 1.32. The number of hydrogen-bond acceptors (Lipinski definition) is 3. The van der Waals surface area contributed by atoms with Gasteiger partial charge in [-0.3, -0.25) is 14.4 Å². The molecule has 0 aliphatic carbocycles. The molecule has 0 saturated carbocycles. The van der Waals surface area contributed by atoms with Gasteiger partial charge in [0.25, 0.3) is 5.91 Å².